The number of para-hydroxylation sites is 2. The number of carbonyl (C=O) groups is 1. The molecule has 16 heavy (non-hydrogen) atoms. The Morgan fingerprint density at radius 1 is 1.44 bits per heavy atom. The highest BCUT2D eigenvalue weighted by Gasteiger charge is 2.46. The van der Waals surface area contributed by atoms with Gasteiger partial charge in [-0.05, 0) is 18.9 Å². The van der Waals surface area contributed by atoms with Crippen LogP contribution in [0.4, 0.5) is 11.4 Å². The largest absolute Gasteiger partial charge is 0.319 e. The lowest BCUT2D eigenvalue weighted by Crippen LogP contribution is -2.37. The average molecular weight is 221 g/mol. The minimum absolute atomic E-state index is 0.125. The molecule has 0 unspecified atom stereocenters. The van der Waals surface area contributed by atoms with Crippen LogP contribution >= 0.6 is 0 Å². The highest BCUT2D eigenvalue weighted by atomic mass is 16.6. The normalized spacial score (nSPS) is 16.6. The molecule has 0 aromatic heterocycles. The molecule has 1 aromatic rings. The van der Waals surface area contributed by atoms with E-state index in [1.807, 2.05) is 0 Å². The maximum Gasteiger partial charge on any atom is 0.292 e. The molecule has 0 bridgehead atoms. The Bertz CT molecular complexity index is 454. The van der Waals surface area contributed by atoms with Gasteiger partial charge in [0.1, 0.15) is 5.69 Å². The summed E-state index contributed by atoms with van der Waals surface area (Å²) in [4.78, 5) is 21.8. The summed E-state index contributed by atoms with van der Waals surface area (Å²) in [5.74, 6) is -0.359. The SMILES string of the molecule is NC1(C(=O)Nc2ccccc2[N+](=O)[O-])CC1. The van der Waals surface area contributed by atoms with E-state index in [1.165, 1.54) is 12.1 Å². The van der Waals surface area contributed by atoms with Crippen molar-refractivity contribution in [3.8, 4) is 0 Å². The molecule has 0 heterocycles. The highest BCUT2D eigenvalue weighted by Crippen LogP contribution is 2.34. The van der Waals surface area contributed by atoms with Crippen LogP contribution in [0, 0.1) is 10.1 Å². The van der Waals surface area contributed by atoms with E-state index in [0.29, 0.717) is 12.8 Å². The third kappa shape index (κ3) is 1.87. The van der Waals surface area contributed by atoms with Crippen molar-refractivity contribution in [2.45, 2.75) is 18.4 Å². The van der Waals surface area contributed by atoms with Crippen LogP contribution in [0.2, 0.25) is 0 Å². The zero-order valence-electron chi connectivity index (χ0n) is 8.47. The van der Waals surface area contributed by atoms with E-state index in [2.05, 4.69) is 5.32 Å². The topological polar surface area (TPSA) is 98.3 Å². The van der Waals surface area contributed by atoms with E-state index in [1.54, 1.807) is 12.1 Å². The maximum atomic E-state index is 11.6. The molecule has 1 amide bonds. The number of nitro groups is 1. The summed E-state index contributed by atoms with van der Waals surface area (Å²) in [7, 11) is 0. The molecule has 1 fully saturated rings. The fraction of sp³-hybridized carbons (Fsp3) is 0.300. The van der Waals surface area contributed by atoms with Crippen molar-refractivity contribution < 1.29 is 9.72 Å². The fourth-order valence-corrected chi connectivity index (χ4v) is 1.35. The van der Waals surface area contributed by atoms with Gasteiger partial charge in [0.05, 0.1) is 10.5 Å². The molecule has 0 radical (unpaired) electrons. The minimum Gasteiger partial charge on any atom is -0.319 e. The van der Waals surface area contributed by atoms with Crippen LogP contribution in [-0.4, -0.2) is 16.4 Å². The highest BCUT2D eigenvalue weighted by molar-refractivity contribution is 6.01. The van der Waals surface area contributed by atoms with Crippen LogP contribution in [-0.2, 0) is 4.79 Å². The first-order chi connectivity index (χ1) is 7.53. The van der Waals surface area contributed by atoms with Crippen molar-refractivity contribution in [3.63, 3.8) is 0 Å². The van der Waals surface area contributed by atoms with Crippen LogP contribution in [0.25, 0.3) is 0 Å². The molecule has 6 nitrogen and oxygen atoms in total. The standard InChI is InChI=1S/C10H11N3O3/c11-10(5-6-10)9(14)12-7-3-1-2-4-8(7)13(15)16/h1-4H,5-6,11H2,(H,12,14). The zero-order valence-corrected chi connectivity index (χ0v) is 8.47. The number of nitrogens with one attached hydrogen (secondary N) is 1. The second-order valence-electron chi connectivity index (χ2n) is 3.88. The number of rotatable bonds is 3. The number of hydrogen-bond acceptors (Lipinski definition) is 4. The first-order valence-corrected chi connectivity index (χ1v) is 4.87. The first-order valence-electron chi connectivity index (χ1n) is 4.87. The zero-order chi connectivity index (χ0) is 11.8. The second-order valence-corrected chi connectivity index (χ2v) is 3.88. The molecule has 2 rings (SSSR count). The van der Waals surface area contributed by atoms with E-state index in [-0.39, 0.29) is 17.3 Å². The molecule has 0 aliphatic heterocycles. The lowest BCUT2D eigenvalue weighted by Gasteiger charge is -2.09. The van der Waals surface area contributed by atoms with E-state index in [4.69, 9.17) is 5.73 Å². The Labute approximate surface area is 91.6 Å². The number of amides is 1. The summed E-state index contributed by atoms with van der Waals surface area (Å²) in [6.45, 7) is 0. The minimum atomic E-state index is -0.830. The molecule has 6 heteroatoms. The van der Waals surface area contributed by atoms with Gasteiger partial charge in [-0.15, -0.1) is 0 Å². The van der Waals surface area contributed by atoms with Crippen LogP contribution in [0.5, 0.6) is 0 Å². The van der Waals surface area contributed by atoms with Crippen molar-refractivity contribution >= 4 is 17.3 Å². The lowest BCUT2D eigenvalue weighted by atomic mass is 10.2. The molecule has 3 N–H and O–H groups in total. The van der Waals surface area contributed by atoms with Crippen molar-refractivity contribution in [3.05, 3.63) is 34.4 Å². The van der Waals surface area contributed by atoms with Gasteiger partial charge in [0, 0.05) is 6.07 Å². The predicted octanol–water partition coefficient (Wildman–Crippen LogP) is 1.02. The molecule has 1 saturated carbocycles. The van der Waals surface area contributed by atoms with Crippen molar-refractivity contribution in [1.29, 1.82) is 0 Å². The van der Waals surface area contributed by atoms with Gasteiger partial charge in [-0.25, -0.2) is 0 Å². The van der Waals surface area contributed by atoms with Gasteiger partial charge >= 0.3 is 0 Å². The molecular weight excluding hydrogens is 210 g/mol. The third-order valence-electron chi connectivity index (χ3n) is 2.59. The maximum absolute atomic E-state index is 11.6. The summed E-state index contributed by atoms with van der Waals surface area (Å²) in [6.07, 6.45) is 1.25. The van der Waals surface area contributed by atoms with Crippen LogP contribution in [0.1, 0.15) is 12.8 Å². The van der Waals surface area contributed by atoms with E-state index in [9.17, 15) is 14.9 Å². The average Bonchev–Trinajstić information content (AvgIpc) is 2.98. The summed E-state index contributed by atoms with van der Waals surface area (Å²) in [5, 5.41) is 13.2. The van der Waals surface area contributed by atoms with E-state index in [0.717, 1.165) is 0 Å². The number of nitro benzene ring substituents is 1. The molecule has 0 saturated heterocycles. The van der Waals surface area contributed by atoms with Crippen LogP contribution < -0.4 is 11.1 Å². The third-order valence-corrected chi connectivity index (χ3v) is 2.59. The number of nitrogens with zero attached hydrogens (tertiary/aromatic N) is 1. The van der Waals surface area contributed by atoms with Crippen molar-refractivity contribution in [1.82, 2.24) is 0 Å². The van der Waals surface area contributed by atoms with E-state index < -0.39 is 10.5 Å². The number of carbonyl (C=O) groups excluding carboxylic acids is 1. The van der Waals surface area contributed by atoms with Crippen LogP contribution in [0.3, 0.4) is 0 Å². The quantitative estimate of drug-likeness (QED) is 0.588. The first kappa shape index (κ1) is 10.6. The van der Waals surface area contributed by atoms with Gasteiger partial charge in [0.15, 0.2) is 0 Å². The van der Waals surface area contributed by atoms with Gasteiger partial charge < -0.3 is 11.1 Å². The Hall–Kier alpha value is -1.95. The summed E-state index contributed by atoms with van der Waals surface area (Å²) in [6, 6.07) is 6.00. The molecule has 1 aliphatic carbocycles. The molecular formula is C10H11N3O3. The Morgan fingerprint density at radius 3 is 2.62 bits per heavy atom. The molecule has 0 spiro atoms. The number of nitrogens with two attached hydrogens (primary N) is 1. The van der Waals surface area contributed by atoms with Gasteiger partial charge in [0.25, 0.3) is 5.69 Å². The van der Waals surface area contributed by atoms with Gasteiger partial charge in [0.2, 0.25) is 5.91 Å². The van der Waals surface area contributed by atoms with Crippen molar-refractivity contribution in [2.75, 3.05) is 5.32 Å². The van der Waals surface area contributed by atoms with Gasteiger partial charge in [-0.2, -0.15) is 0 Å². The predicted molar refractivity (Wildman–Crippen MR) is 57.9 cm³/mol. The Morgan fingerprint density at radius 2 is 2.06 bits per heavy atom. The van der Waals surface area contributed by atoms with Crippen molar-refractivity contribution in [2.24, 2.45) is 5.73 Å². The molecule has 1 aromatic carbocycles. The summed E-state index contributed by atoms with van der Waals surface area (Å²) >= 11 is 0. The number of benzene rings is 1. The number of hydrogen-bond donors (Lipinski definition) is 2. The van der Waals surface area contributed by atoms with E-state index >= 15 is 0 Å². The second kappa shape index (κ2) is 3.57. The Kier molecular flexibility index (Phi) is 2.35. The molecule has 0 atom stereocenters. The molecule has 1 aliphatic rings. The smallest absolute Gasteiger partial charge is 0.292 e. The summed E-state index contributed by atoms with van der Waals surface area (Å²) in [5.41, 5.74) is 4.92. The van der Waals surface area contributed by atoms with Gasteiger partial charge in [-0.3, -0.25) is 14.9 Å². The van der Waals surface area contributed by atoms with Gasteiger partial charge in [-0.1, -0.05) is 12.1 Å². The number of anilines is 1. The lowest BCUT2D eigenvalue weighted by molar-refractivity contribution is -0.383. The van der Waals surface area contributed by atoms with Crippen LogP contribution in [0.15, 0.2) is 24.3 Å². The summed E-state index contributed by atoms with van der Waals surface area (Å²) < 4.78 is 0. The Balaban J connectivity index is 2.21. The fourth-order valence-electron chi connectivity index (χ4n) is 1.35. The molecule has 84 valence electrons. The monoisotopic (exact) mass is 221 g/mol.